The van der Waals surface area contributed by atoms with E-state index >= 15 is 0 Å². The van der Waals surface area contributed by atoms with Gasteiger partial charge in [-0.2, -0.15) is 13.2 Å². The fraction of sp³-hybridized carbons (Fsp3) is 0.455. The van der Waals surface area contributed by atoms with Crippen molar-refractivity contribution in [3.63, 3.8) is 0 Å². The summed E-state index contributed by atoms with van der Waals surface area (Å²) >= 11 is 0. The van der Waals surface area contributed by atoms with Crippen LogP contribution >= 0.6 is 12.4 Å². The van der Waals surface area contributed by atoms with Crippen LogP contribution in [0.4, 0.5) is 22.0 Å². The van der Waals surface area contributed by atoms with Crippen LogP contribution in [0.1, 0.15) is 16.1 Å². The highest BCUT2D eigenvalue weighted by Crippen LogP contribution is 2.28. The lowest BCUT2D eigenvalue weighted by molar-refractivity contribution is -0.137. The van der Waals surface area contributed by atoms with E-state index in [2.05, 4.69) is 10.3 Å². The first-order valence-corrected chi connectivity index (χ1v) is 5.63. The molecule has 118 valence electrons. The minimum absolute atomic E-state index is 0. The monoisotopic (exact) mass is 331 g/mol. The average molecular weight is 332 g/mol. The van der Waals surface area contributed by atoms with E-state index in [1.807, 2.05) is 5.32 Å². The van der Waals surface area contributed by atoms with Crippen molar-refractivity contribution in [1.82, 2.24) is 15.6 Å². The molecule has 2 heterocycles. The third kappa shape index (κ3) is 4.01. The van der Waals surface area contributed by atoms with Gasteiger partial charge in [0.25, 0.3) is 11.8 Å². The zero-order valence-corrected chi connectivity index (χ0v) is 11.2. The van der Waals surface area contributed by atoms with Crippen LogP contribution in [0.25, 0.3) is 0 Å². The summed E-state index contributed by atoms with van der Waals surface area (Å²) in [5.41, 5.74) is -1.36. The Kier molecular flexibility index (Phi) is 5.11. The number of carbonyl (C=O) groups excluding carboxylic acids is 1. The minimum atomic E-state index is -4.57. The van der Waals surface area contributed by atoms with Gasteiger partial charge in [0.05, 0.1) is 12.1 Å². The Labute approximate surface area is 122 Å². The first kappa shape index (κ1) is 17.6. The van der Waals surface area contributed by atoms with Gasteiger partial charge in [0.15, 0.2) is 0 Å². The summed E-state index contributed by atoms with van der Waals surface area (Å²) in [4.78, 5) is 15.0. The fourth-order valence-electron chi connectivity index (χ4n) is 1.74. The zero-order chi connectivity index (χ0) is 15.0. The van der Waals surface area contributed by atoms with Crippen LogP contribution < -0.4 is 10.6 Å². The molecule has 1 atom stereocenters. The van der Waals surface area contributed by atoms with Gasteiger partial charge in [0, 0.05) is 12.7 Å². The third-order valence-electron chi connectivity index (χ3n) is 2.85. The maximum atomic E-state index is 13.3. The SMILES string of the molecule is Cl.O=C(NC1CNCC1(F)F)c1ccc(C(F)(F)F)cn1. The Morgan fingerprint density at radius 1 is 1.38 bits per heavy atom. The fourth-order valence-corrected chi connectivity index (χ4v) is 1.74. The molecule has 1 aromatic heterocycles. The lowest BCUT2D eigenvalue weighted by atomic mass is 10.2. The van der Waals surface area contributed by atoms with Crippen LogP contribution in [0.5, 0.6) is 0 Å². The number of nitrogens with zero attached hydrogens (tertiary/aromatic N) is 1. The van der Waals surface area contributed by atoms with Crippen molar-refractivity contribution in [2.75, 3.05) is 13.1 Å². The van der Waals surface area contributed by atoms with E-state index in [-0.39, 0.29) is 24.6 Å². The quantitative estimate of drug-likeness (QED) is 0.813. The van der Waals surface area contributed by atoms with Gasteiger partial charge in [-0.1, -0.05) is 0 Å². The molecule has 0 aromatic carbocycles. The molecule has 0 saturated carbocycles. The van der Waals surface area contributed by atoms with Crippen LogP contribution in [0.2, 0.25) is 0 Å². The molecule has 0 spiro atoms. The lowest BCUT2D eigenvalue weighted by Gasteiger charge is -2.18. The zero-order valence-electron chi connectivity index (χ0n) is 10.4. The molecule has 1 aliphatic heterocycles. The second-order valence-corrected chi connectivity index (χ2v) is 4.35. The number of nitrogens with one attached hydrogen (secondary N) is 2. The van der Waals surface area contributed by atoms with E-state index in [1.165, 1.54) is 0 Å². The van der Waals surface area contributed by atoms with Gasteiger partial charge in [0.1, 0.15) is 11.7 Å². The van der Waals surface area contributed by atoms with Gasteiger partial charge in [-0.3, -0.25) is 9.78 Å². The van der Waals surface area contributed by atoms with Crippen LogP contribution in [0.15, 0.2) is 18.3 Å². The molecule has 2 rings (SSSR count). The van der Waals surface area contributed by atoms with Crippen molar-refractivity contribution in [2.45, 2.75) is 18.1 Å². The van der Waals surface area contributed by atoms with E-state index in [0.717, 1.165) is 6.07 Å². The van der Waals surface area contributed by atoms with Crippen molar-refractivity contribution in [3.8, 4) is 0 Å². The van der Waals surface area contributed by atoms with Crippen molar-refractivity contribution in [1.29, 1.82) is 0 Å². The first-order chi connectivity index (χ1) is 9.20. The molecular weight excluding hydrogens is 321 g/mol. The average Bonchev–Trinajstić information content (AvgIpc) is 2.68. The van der Waals surface area contributed by atoms with Gasteiger partial charge >= 0.3 is 6.18 Å². The predicted octanol–water partition coefficient (Wildman–Crippen LogP) is 1.86. The molecule has 21 heavy (non-hydrogen) atoms. The molecule has 1 saturated heterocycles. The van der Waals surface area contributed by atoms with Crippen LogP contribution in [-0.4, -0.2) is 35.9 Å². The van der Waals surface area contributed by atoms with Gasteiger partial charge in [0.2, 0.25) is 0 Å². The van der Waals surface area contributed by atoms with E-state index in [1.54, 1.807) is 0 Å². The summed E-state index contributed by atoms with van der Waals surface area (Å²) in [6.07, 6.45) is -4.08. The van der Waals surface area contributed by atoms with E-state index < -0.39 is 36.2 Å². The smallest absolute Gasteiger partial charge is 0.341 e. The number of hydrogen-bond donors (Lipinski definition) is 2. The number of rotatable bonds is 2. The number of hydrogen-bond acceptors (Lipinski definition) is 3. The minimum Gasteiger partial charge on any atom is -0.341 e. The molecule has 10 heteroatoms. The molecule has 4 nitrogen and oxygen atoms in total. The standard InChI is InChI=1S/C11H10F5N3O.ClH/c12-10(13)5-17-4-8(10)19-9(20)7-2-1-6(3-18-7)11(14,15)16;/h1-3,8,17H,4-5H2,(H,19,20);1H. The van der Waals surface area contributed by atoms with Crippen LogP contribution in [0, 0.1) is 0 Å². The molecule has 1 aromatic rings. The Morgan fingerprint density at radius 3 is 2.48 bits per heavy atom. The normalized spacial score (nSPS) is 20.7. The number of alkyl halides is 5. The predicted molar refractivity (Wildman–Crippen MR) is 65.6 cm³/mol. The highest BCUT2D eigenvalue weighted by atomic mass is 35.5. The third-order valence-corrected chi connectivity index (χ3v) is 2.85. The van der Waals surface area contributed by atoms with Crippen molar-refractivity contribution in [2.24, 2.45) is 0 Å². The molecule has 0 radical (unpaired) electrons. The number of halogens is 6. The second kappa shape index (κ2) is 6.10. The summed E-state index contributed by atoms with van der Waals surface area (Å²) in [5.74, 6) is -4.03. The summed E-state index contributed by atoms with van der Waals surface area (Å²) in [5, 5.41) is 4.46. The molecule has 0 bridgehead atoms. The highest BCUT2D eigenvalue weighted by Gasteiger charge is 2.45. The van der Waals surface area contributed by atoms with Crippen LogP contribution in [0.3, 0.4) is 0 Å². The van der Waals surface area contributed by atoms with E-state index in [0.29, 0.717) is 12.3 Å². The first-order valence-electron chi connectivity index (χ1n) is 5.63. The Balaban J connectivity index is 0.00000220. The topological polar surface area (TPSA) is 54.0 Å². The summed E-state index contributed by atoms with van der Waals surface area (Å²) in [6, 6.07) is 0.116. The highest BCUT2D eigenvalue weighted by molar-refractivity contribution is 5.92. The molecular formula is C11H11ClF5N3O. The lowest BCUT2D eigenvalue weighted by Crippen LogP contribution is -2.46. The number of carbonyl (C=O) groups is 1. The summed E-state index contributed by atoms with van der Waals surface area (Å²) in [6.45, 7) is -0.669. The van der Waals surface area contributed by atoms with E-state index in [9.17, 15) is 26.7 Å². The Hall–Kier alpha value is -1.48. The van der Waals surface area contributed by atoms with E-state index in [4.69, 9.17) is 0 Å². The molecule has 2 N–H and O–H groups in total. The summed E-state index contributed by atoms with van der Waals surface area (Å²) in [7, 11) is 0. The second-order valence-electron chi connectivity index (χ2n) is 4.35. The van der Waals surface area contributed by atoms with Gasteiger partial charge in [-0.25, -0.2) is 8.78 Å². The van der Waals surface area contributed by atoms with Crippen molar-refractivity contribution < 1.29 is 26.7 Å². The maximum absolute atomic E-state index is 13.3. The molecule has 1 unspecified atom stereocenters. The van der Waals surface area contributed by atoms with Crippen molar-refractivity contribution >= 4 is 18.3 Å². The van der Waals surface area contributed by atoms with Crippen LogP contribution in [-0.2, 0) is 6.18 Å². The summed E-state index contributed by atoms with van der Waals surface area (Å²) < 4.78 is 63.4. The molecule has 1 fully saturated rings. The molecule has 1 amide bonds. The molecule has 0 aliphatic carbocycles. The number of pyridine rings is 1. The molecule has 1 aliphatic rings. The Bertz CT molecular complexity index is 506. The number of aromatic nitrogens is 1. The van der Waals surface area contributed by atoms with Gasteiger partial charge < -0.3 is 10.6 Å². The van der Waals surface area contributed by atoms with Gasteiger partial charge in [-0.05, 0) is 12.1 Å². The Morgan fingerprint density at radius 2 is 2.05 bits per heavy atom. The van der Waals surface area contributed by atoms with Crippen molar-refractivity contribution in [3.05, 3.63) is 29.6 Å². The largest absolute Gasteiger partial charge is 0.417 e. The number of amides is 1. The maximum Gasteiger partial charge on any atom is 0.417 e. The van der Waals surface area contributed by atoms with Gasteiger partial charge in [-0.15, -0.1) is 12.4 Å².